The van der Waals surface area contributed by atoms with Gasteiger partial charge in [-0.1, -0.05) is 0 Å². The molecule has 5 nitrogen and oxygen atoms in total. The Hall–Kier alpha value is -1.40. The summed E-state index contributed by atoms with van der Waals surface area (Å²) in [5, 5.41) is 3.00. The minimum atomic E-state index is 0.0938. The van der Waals surface area contributed by atoms with Gasteiger partial charge in [-0.3, -0.25) is 9.69 Å². The number of rotatable bonds is 5. The fraction of sp³-hybridized carbons (Fsp3) is 0.650. The molecule has 1 aromatic carbocycles. The van der Waals surface area contributed by atoms with Crippen molar-refractivity contribution in [2.45, 2.75) is 38.1 Å². The van der Waals surface area contributed by atoms with Crippen molar-refractivity contribution in [1.82, 2.24) is 4.90 Å². The molecule has 4 rings (SSSR count). The van der Waals surface area contributed by atoms with Crippen LogP contribution in [0.25, 0.3) is 0 Å². The maximum Gasteiger partial charge on any atom is 0.224 e. The molecule has 26 heavy (non-hydrogen) atoms. The van der Waals surface area contributed by atoms with Gasteiger partial charge in [-0.15, -0.1) is 0 Å². The minimum absolute atomic E-state index is 0.0938. The monoisotopic (exact) mass is 376 g/mol. The molecule has 3 heterocycles. The Kier molecular flexibility index (Phi) is 5.90. The molecule has 0 saturated carbocycles. The molecule has 0 spiro atoms. The molecule has 0 aliphatic carbocycles. The molecular weight excluding hydrogens is 348 g/mol. The van der Waals surface area contributed by atoms with Crippen LogP contribution in [-0.2, 0) is 4.79 Å². The highest BCUT2D eigenvalue weighted by atomic mass is 32.2. The summed E-state index contributed by atoms with van der Waals surface area (Å²) in [6, 6.07) is 6.40. The molecule has 1 atom stereocenters. The van der Waals surface area contributed by atoms with Gasteiger partial charge in [-0.25, -0.2) is 0 Å². The van der Waals surface area contributed by atoms with Crippen LogP contribution in [0.15, 0.2) is 18.2 Å². The number of amides is 1. The molecule has 2 saturated heterocycles. The van der Waals surface area contributed by atoms with Gasteiger partial charge in [0.1, 0.15) is 13.2 Å². The second-order valence-corrected chi connectivity index (χ2v) is 8.59. The van der Waals surface area contributed by atoms with E-state index >= 15 is 0 Å². The van der Waals surface area contributed by atoms with E-state index in [0.29, 0.717) is 31.3 Å². The summed E-state index contributed by atoms with van der Waals surface area (Å²) in [6.07, 6.45) is 5.41. The molecule has 0 radical (unpaired) electrons. The summed E-state index contributed by atoms with van der Waals surface area (Å²) in [5.41, 5.74) is 0.785. The summed E-state index contributed by atoms with van der Waals surface area (Å²) >= 11 is 2.09. The van der Waals surface area contributed by atoms with E-state index in [9.17, 15) is 4.79 Å². The Morgan fingerprint density at radius 2 is 1.96 bits per heavy atom. The van der Waals surface area contributed by atoms with E-state index in [4.69, 9.17) is 9.47 Å². The van der Waals surface area contributed by atoms with Crippen LogP contribution in [0.2, 0.25) is 0 Å². The van der Waals surface area contributed by atoms with Gasteiger partial charge in [0.2, 0.25) is 5.91 Å². The SMILES string of the molecule is O=C(CCC1CCN(C2CCSC2)CC1)Nc1ccc2c(c1)OCCO2. The number of carbonyl (C=O) groups is 1. The Labute approximate surface area is 159 Å². The van der Waals surface area contributed by atoms with Crippen molar-refractivity contribution >= 4 is 23.4 Å². The van der Waals surface area contributed by atoms with Crippen LogP contribution in [0.1, 0.15) is 32.1 Å². The predicted octanol–water partition coefficient (Wildman–Crippen LogP) is 3.39. The smallest absolute Gasteiger partial charge is 0.224 e. The van der Waals surface area contributed by atoms with Crippen LogP contribution in [0.5, 0.6) is 11.5 Å². The molecule has 6 heteroatoms. The molecular formula is C20H28N2O3S. The highest BCUT2D eigenvalue weighted by molar-refractivity contribution is 7.99. The molecule has 3 aliphatic rings. The third kappa shape index (κ3) is 4.46. The number of nitrogens with zero attached hydrogens (tertiary/aromatic N) is 1. The van der Waals surface area contributed by atoms with Gasteiger partial charge in [-0.2, -0.15) is 11.8 Å². The Morgan fingerprint density at radius 3 is 2.73 bits per heavy atom. The summed E-state index contributed by atoms with van der Waals surface area (Å²) in [7, 11) is 0. The number of hydrogen-bond donors (Lipinski definition) is 1. The van der Waals surface area contributed by atoms with Crippen LogP contribution in [0, 0.1) is 5.92 Å². The third-order valence-corrected chi connectivity index (χ3v) is 6.82. The lowest BCUT2D eigenvalue weighted by atomic mass is 9.91. The molecule has 3 aliphatic heterocycles. The molecule has 1 unspecified atom stereocenters. The van der Waals surface area contributed by atoms with Crippen molar-refractivity contribution in [3.63, 3.8) is 0 Å². The maximum atomic E-state index is 12.3. The zero-order valence-corrected chi connectivity index (χ0v) is 16.1. The van der Waals surface area contributed by atoms with E-state index in [1.807, 2.05) is 18.2 Å². The number of piperidine rings is 1. The van der Waals surface area contributed by atoms with Crippen molar-refractivity contribution in [1.29, 1.82) is 0 Å². The minimum Gasteiger partial charge on any atom is -0.486 e. The molecule has 2 fully saturated rings. The van der Waals surface area contributed by atoms with E-state index in [0.717, 1.165) is 23.9 Å². The van der Waals surface area contributed by atoms with E-state index in [-0.39, 0.29) is 5.91 Å². The number of thioether (sulfide) groups is 1. The Morgan fingerprint density at radius 1 is 1.15 bits per heavy atom. The first-order valence-electron chi connectivity index (χ1n) is 9.79. The van der Waals surface area contributed by atoms with E-state index in [1.165, 1.54) is 43.9 Å². The van der Waals surface area contributed by atoms with E-state index < -0.39 is 0 Å². The predicted molar refractivity (Wildman–Crippen MR) is 105 cm³/mol. The number of anilines is 1. The van der Waals surface area contributed by atoms with Gasteiger partial charge >= 0.3 is 0 Å². The number of benzene rings is 1. The highest BCUT2D eigenvalue weighted by Crippen LogP contribution is 2.33. The topological polar surface area (TPSA) is 50.8 Å². The van der Waals surface area contributed by atoms with Crippen molar-refractivity contribution in [3.8, 4) is 11.5 Å². The fourth-order valence-electron chi connectivity index (χ4n) is 4.10. The molecule has 1 N–H and O–H groups in total. The lowest BCUT2D eigenvalue weighted by Crippen LogP contribution is -2.41. The second kappa shape index (κ2) is 8.53. The summed E-state index contributed by atoms with van der Waals surface area (Å²) in [5.74, 6) is 4.88. The summed E-state index contributed by atoms with van der Waals surface area (Å²) in [6.45, 7) is 3.55. The third-order valence-electron chi connectivity index (χ3n) is 5.68. The first kappa shape index (κ1) is 18.0. The zero-order chi connectivity index (χ0) is 17.8. The number of likely N-dealkylation sites (tertiary alicyclic amines) is 1. The van der Waals surface area contributed by atoms with Crippen LogP contribution in [-0.4, -0.2) is 54.7 Å². The van der Waals surface area contributed by atoms with E-state index in [2.05, 4.69) is 22.0 Å². The number of hydrogen-bond acceptors (Lipinski definition) is 5. The largest absolute Gasteiger partial charge is 0.486 e. The molecule has 1 amide bonds. The second-order valence-electron chi connectivity index (χ2n) is 7.44. The normalized spacial score (nSPS) is 23.8. The van der Waals surface area contributed by atoms with Gasteiger partial charge in [0.25, 0.3) is 0 Å². The van der Waals surface area contributed by atoms with Gasteiger partial charge in [-0.05, 0) is 62.6 Å². The maximum absolute atomic E-state index is 12.3. The molecule has 0 bridgehead atoms. The van der Waals surface area contributed by atoms with Crippen molar-refractivity contribution in [3.05, 3.63) is 18.2 Å². The number of fused-ring (bicyclic) bond motifs is 1. The van der Waals surface area contributed by atoms with Crippen LogP contribution in [0.3, 0.4) is 0 Å². The molecule has 0 aromatic heterocycles. The van der Waals surface area contributed by atoms with Gasteiger partial charge in [0.15, 0.2) is 11.5 Å². The lowest BCUT2D eigenvalue weighted by Gasteiger charge is -2.35. The Balaban J connectivity index is 1.20. The molecule has 1 aromatic rings. The van der Waals surface area contributed by atoms with Crippen molar-refractivity contribution in [2.24, 2.45) is 5.92 Å². The number of ether oxygens (including phenoxy) is 2. The Bertz CT molecular complexity index is 625. The summed E-state index contributed by atoms with van der Waals surface area (Å²) < 4.78 is 11.1. The first-order valence-corrected chi connectivity index (χ1v) is 10.9. The number of nitrogens with one attached hydrogen (secondary N) is 1. The van der Waals surface area contributed by atoms with Gasteiger partial charge in [0.05, 0.1) is 0 Å². The van der Waals surface area contributed by atoms with Gasteiger partial charge < -0.3 is 14.8 Å². The lowest BCUT2D eigenvalue weighted by molar-refractivity contribution is -0.116. The molecule has 142 valence electrons. The quantitative estimate of drug-likeness (QED) is 0.854. The average Bonchev–Trinajstić information content (AvgIpc) is 3.21. The van der Waals surface area contributed by atoms with Crippen molar-refractivity contribution < 1.29 is 14.3 Å². The van der Waals surface area contributed by atoms with E-state index in [1.54, 1.807) is 0 Å². The highest BCUT2D eigenvalue weighted by Gasteiger charge is 2.27. The van der Waals surface area contributed by atoms with Crippen LogP contribution in [0.4, 0.5) is 5.69 Å². The zero-order valence-electron chi connectivity index (χ0n) is 15.2. The van der Waals surface area contributed by atoms with Crippen molar-refractivity contribution in [2.75, 3.05) is 43.1 Å². The van der Waals surface area contributed by atoms with Crippen LogP contribution < -0.4 is 14.8 Å². The summed E-state index contributed by atoms with van der Waals surface area (Å²) in [4.78, 5) is 15.0. The number of carbonyl (C=O) groups excluding carboxylic acids is 1. The first-order chi connectivity index (χ1) is 12.8. The van der Waals surface area contributed by atoms with Gasteiger partial charge in [0, 0.05) is 30.0 Å². The average molecular weight is 377 g/mol. The van der Waals surface area contributed by atoms with Crippen LogP contribution >= 0.6 is 11.8 Å². The standard InChI is InChI=1S/C20H28N2O3S/c23-20(21-16-2-3-18-19(13-16)25-11-10-24-18)4-1-15-5-8-22(9-6-15)17-7-12-26-14-17/h2-3,13,15,17H,1,4-12,14H2,(H,21,23). The fourth-order valence-corrected chi connectivity index (χ4v) is 5.35.